The number of hydrogen-bond acceptors (Lipinski definition) is 7. The summed E-state index contributed by atoms with van der Waals surface area (Å²) in [6.07, 6.45) is 5.36. The van der Waals surface area contributed by atoms with Crippen molar-refractivity contribution in [1.82, 2.24) is 19.9 Å². The highest BCUT2D eigenvalue weighted by atomic mass is 35.5. The maximum absolute atomic E-state index is 14.0. The Hall–Kier alpha value is -3.07. The first-order chi connectivity index (χ1) is 16.4. The van der Waals surface area contributed by atoms with E-state index in [0.29, 0.717) is 53.9 Å². The summed E-state index contributed by atoms with van der Waals surface area (Å²) in [4.78, 5) is 24.7. The molecule has 5 rings (SSSR count). The lowest BCUT2D eigenvalue weighted by atomic mass is 10.1. The van der Waals surface area contributed by atoms with Gasteiger partial charge >= 0.3 is 0 Å². The summed E-state index contributed by atoms with van der Waals surface area (Å²) in [5.41, 5.74) is 1.10. The van der Waals surface area contributed by atoms with Crippen molar-refractivity contribution in [3.63, 3.8) is 0 Å². The second kappa shape index (κ2) is 9.29. The first-order valence-corrected chi connectivity index (χ1v) is 11.9. The standard InChI is InChI=1S/C24H26ClF2N7/c1-15-4-3-9-34(15)24-30-20(17-5-6-18(26)19(27)12-17)13-21(31-24)33-11-10-32(14-16(33)2)23-22(25)28-7-8-29-23/h5-8,12-13,15-16H,3-4,9-11,14H2,1-2H3/t15?,16-/m1/s1. The molecule has 0 saturated carbocycles. The summed E-state index contributed by atoms with van der Waals surface area (Å²) in [6, 6.07) is 6.16. The second-order valence-corrected chi connectivity index (χ2v) is 9.24. The summed E-state index contributed by atoms with van der Waals surface area (Å²) < 4.78 is 27.6. The van der Waals surface area contributed by atoms with Gasteiger partial charge in [0.25, 0.3) is 0 Å². The molecule has 4 heterocycles. The van der Waals surface area contributed by atoms with E-state index in [4.69, 9.17) is 21.6 Å². The summed E-state index contributed by atoms with van der Waals surface area (Å²) in [5, 5.41) is 0.385. The van der Waals surface area contributed by atoms with Crippen molar-refractivity contribution in [1.29, 1.82) is 0 Å². The van der Waals surface area contributed by atoms with Crippen molar-refractivity contribution in [2.45, 2.75) is 38.8 Å². The first-order valence-electron chi connectivity index (χ1n) is 11.5. The van der Waals surface area contributed by atoms with Crippen LogP contribution in [0, 0.1) is 11.6 Å². The maximum Gasteiger partial charge on any atom is 0.228 e. The number of piperazine rings is 1. The van der Waals surface area contributed by atoms with Crippen LogP contribution in [0.1, 0.15) is 26.7 Å². The molecule has 2 aliphatic rings. The number of benzene rings is 1. The normalized spacial score (nSPS) is 20.8. The van der Waals surface area contributed by atoms with Gasteiger partial charge in [0.15, 0.2) is 22.6 Å². The van der Waals surface area contributed by atoms with Gasteiger partial charge in [0, 0.05) is 62.3 Å². The molecule has 0 N–H and O–H groups in total. The fraction of sp³-hybridized carbons (Fsp3) is 0.417. The van der Waals surface area contributed by atoms with Gasteiger partial charge < -0.3 is 14.7 Å². The molecular formula is C24H26ClF2N7. The van der Waals surface area contributed by atoms with Gasteiger partial charge in [-0.15, -0.1) is 0 Å². The van der Waals surface area contributed by atoms with Gasteiger partial charge in [-0.3, -0.25) is 0 Å². The zero-order valence-corrected chi connectivity index (χ0v) is 19.9. The van der Waals surface area contributed by atoms with Crippen molar-refractivity contribution < 1.29 is 8.78 Å². The first kappa shape index (κ1) is 22.7. The molecule has 0 aliphatic carbocycles. The van der Waals surface area contributed by atoms with Gasteiger partial charge in [-0.1, -0.05) is 11.6 Å². The van der Waals surface area contributed by atoms with Crippen LogP contribution in [0.5, 0.6) is 0 Å². The predicted octanol–water partition coefficient (Wildman–Crippen LogP) is 4.57. The van der Waals surface area contributed by atoms with E-state index in [0.717, 1.165) is 31.3 Å². The average molecular weight is 486 g/mol. The van der Waals surface area contributed by atoms with Crippen molar-refractivity contribution >= 4 is 29.2 Å². The Bertz CT molecular complexity index is 1190. The maximum atomic E-state index is 14.0. The molecule has 2 fully saturated rings. The van der Waals surface area contributed by atoms with Crippen molar-refractivity contribution in [2.75, 3.05) is 40.9 Å². The van der Waals surface area contributed by atoms with Crippen molar-refractivity contribution in [3.05, 3.63) is 53.4 Å². The molecule has 0 spiro atoms. The molecule has 178 valence electrons. The second-order valence-electron chi connectivity index (χ2n) is 8.88. The average Bonchev–Trinajstić information content (AvgIpc) is 3.26. The molecule has 0 radical (unpaired) electrons. The monoisotopic (exact) mass is 485 g/mol. The molecule has 3 aromatic rings. The van der Waals surface area contributed by atoms with Crippen LogP contribution in [0.2, 0.25) is 5.15 Å². The van der Waals surface area contributed by atoms with E-state index in [9.17, 15) is 8.78 Å². The van der Waals surface area contributed by atoms with Gasteiger partial charge in [-0.25, -0.2) is 23.7 Å². The van der Waals surface area contributed by atoms with Gasteiger partial charge in [-0.2, -0.15) is 4.98 Å². The molecule has 0 amide bonds. The Labute approximate surface area is 202 Å². The molecule has 7 nitrogen and oxygen atoms in total. The molecule has 2 atom stereocenters. The summed E-state index contributed by atoms with van der Waals surface area (Å²) in [7, 11) is 0. The number of hydrogen-bond donors (Lipinski definition) is 0. The Balaban J connectivity index is 1.49. The van der Waals surface area contributed by atoms with Crippen LogP contribution in [-0.2, 0) is 0 Å². The Kier molecular flexibility index (Phi) is 6.20. The minimum absolute atomic E-state index is 0.100. The zero-order chi connectivity index (χ0) is 23.8. The Morgan fingerprint density at radius 2 is 1.74 bits per heavy atom. The molecule has 1 aromatic carbocycles. The van der Waals surface area contributed by atoms with Crippen LogP contribution in [0.15, 0.2) is 36.7 Å². The lowest BCUT2D eigenvalue weighted by Gasteiger charge is -2.41. The van der Waals surface area contributed by atoms with Crippen molar-refractivity contribution in [2.24, 2.45) is 0 Å². The number of anilines is 3. The van der Waals surface area contributed by atoms with E-state index in [2.05, 4.69) is 38.5 Å². The summed E-state index contributed by atoms with van der Waals surface area (Å²) >= 11 is 6.27. The molecule has 10 heteroatoms. The van der Waals surface area contributed by atoms with Gasteiger partial charge in [0.05, 0.1) is 5.69 Å². The van der Waals surface area contributed by atoms with Crippen LogP contribution in [0.3, 0.4) is 0 Å². The molecule has 34 heavy (non-hydrogen) atoms. The van der Waals surface area contributed by atoms with Crippen LogP contribution in [0.4, 0.5) is 26.4 Å². The van der Waals surface area contributed by atoms with E-state index in [1.54, 1.807) is 18.5 Å². The number of halogens is 3. The number of nitrogens with zero attached hydrogens (tertiary/aromatic N) is 7. The minimum Gasteiger partial charge on any atom is -0.350 e. The quantitative estimate of drug-likeness (QED) is 0.536. The number of rotatable bonds is 4. The molecule has 2 aliphatic heterocycles. The lowest BCUT2D eigenvalue weighted by Crippen LogP contribution is -2.53. The zero-order valence-electron chi connectivity index (χ0n) is 19.1. The van der Waals surface area contributed by atoms with E-state index in [-0.39, 0.29) is 6.04 Å². The van der Waals surface area contributed by atoms with Gasteiger partial charge in [0.1, 0.15) is 5.82 Å². The third-order valence-electron chi connectivity index (χ3n) is 6.58. The third kappa shape index (κ3) is 4.36. The Morgan fingerprint density at radius 1 is 0.912 bits per heavy atom. The Morgan fingerprint density at radius 3 is 2.44 bits per heavy atom. The largest absolute Gasteiger partial charge is 0.350 e. The molecule has 2 saturated heterocycles. The predicted molar refractivity (Wildman–Crippen MR) is 129 cm³/mol. The van der Waals surface area contributed by atoms with E-state index < -0.39 is 11.6 Å². The van der Waals surface area contributed by atoms with Crippen LogP contribution in [-0.4, -0.2) is 58.2 Å². The van der Waals surface area contributed by atoms with Crippen LogP contribution in [0.25, 0.3) is 11.3 Å². The SMILES string of the molecule is CC1CCCN1c1nc(-c2ccc(F)c(F)c2)cc(N2CCN(c3nccnc3Cl)C[C@H]2C)n1. The molecule has 0 bridgehead atoms. The van der Waals surface area contributed by atoms with E-state index >= 15 is 0 Å². The highest BCUT2D eigenvalue weighted by Gasteiger charge is 2.29. The van der Waals surface area contributed by atoms with Crippen LogP contribution < -0.4 is 14.7 Å². The van der Waals surface area contributed by atoms with Crippen molar-refractivity contribution in [3.8, 4) is 11.3 Å². The fourth-order valence-corrected chi connectivity index (χ4v) is 4.97. The van der Waals surface area contributed by atoms with E-state index in [1.165, 1.54) is 6.07 Å². The van der Waals surface area contributed by atoms with Gasteiger partial charge in [0.2, 0.25) is 5.95 Å². The number of aromatic nitrogens is 4. The lowest BCUT2D eigenvalue weighted by molar-refractivity contribution is 0.509. The molecule has 1 unspecified atom stereocenters. The highest BCUT2D eigenvalue weighted by molar-refractivity contribution is 6.31. The smallest absolute Gasteiger partial charge is 0.228 e. The van der Waals surface area contributed by atoms with E-state index in [1.807, 2.05) is 6.07 Å². The summed E-state index contributed by atoms with van der Waals surface area (Å²) in [6.45, 7) is 7.23. The third-order valence-corrected chi connectivity index (χ3v) is 6.85. The van der Waals surface area contributed by atoms with Gasteiger partial charge in [-0.05, 0) is 44.9 Å². The summed E-state index contributed by atoms with van der Waals surface area (Å²) in [5.74, 6) is 0.290. The highest BCUT2D eigenvalue weighted by Crippen LogP contribution is 2.31. The molecular weight excluding hydrogens is 460 g/mol. The fourth-order valence-electron chi connectivity index (χ4n) is 4.75. The minimum atomic E-state index is -0.892. The molecule has 2 aromatic heterocycles. The van der Waals surface area contributed by atoms with Crippen LogP contribution >= 0.6 is 11.6 Å². The topological polar surface area (TPSA) is 61.3 Å².